The molecule has 1 aliphatic rings. The number of nitrogens with one attached hydrogen (secondary N) is 2. The van der Waals surface area contributed by atoms with Crippen LogP contribution < -0.4 is 5.32 Å². The standard InChI is InChI=1S/C19H21N7O2/c27-18(13-26-8-6-21-24-26)20-9-14-5-7-25(12-14)19(28)16-3-1-15(2-4-16)17-10-22-23-11-17/h1-4,6,8,10-11,14H,5,7,9,12-13H2,(H,20,27)(H,22,23). The zero-order valence-electron chi connectivity index (χ0n) is 15.3. The fourth-order valence-electron chi connectivity index (χ4n) is 3.36. The van der Waals surface area contributed by atoms with E-state index in [0.29, 0.717) is 25.2 Å². The van der Waals surface area contributed by atoms with Gasteiger partial charge in [-0.05, 0) is 30.0 Å². The van der Waals surface area contributed by atoms with E-state index in [4.69, 9.17) is 0 Å². The highest BCUT2D eigenvalue weighted by atomic mass is 16.2. The lowest BCUT2D eigenvalue weighted by Gasteiger charge is -2.17. The number of carbonyl (C=O) groups excluding carboxylic acids is 2. The molecule has 1 unspecified atom stereocenters. The van der Waals surface area contributed by atoms with Crippen molar-refractivity contribution in [2.24, 2.45) is 5.92 Å². The Morgan fingerprint density at radius 1 is 1.21 bits per heavy atom. The number of aromatic nitrogens is 5. The molecule has 2 aromatic heterocycles. The Labute approximate surface area is 161 Å². The zero-order chi connectivity index (χ0) is 19.3. The van der Waals surface area contributed by atoms with Crippen molar-refractivity contribution < 1.29 is 9.59 Å². The number of nitrogens with zero attached hydrogens (tertiary/aromatic N) is 5. The van der Waals surface area contributed by atoms with Crippen molar-refractivity contribution in [2.75, 3.05) is 19.6 Å². The van der Waals surface area contributed by atoms with Crippen molar-refractivity contribution in [3.8, 4) is 11.1 Å². The number of likely N-dealkylation sites (tertiary alicyclic amines) is 1. The van der Waals surface area contributed by atoms with Gasteiger partial charge in [0.2, 0.25) is 5.91 Å². The van der Waals surface area contributed by atoms with Gasteiger partial charge in [-0.25, -0.2) is 4.68 Å². The van der Waals surface area contributed by atoms with Crippen LogP contribution >= 0.6 is 0 Å². The van der Waals surface area contributed by atoms with E-state index in [2.05, 4.69) is 25.8 Å². The Bertz CT molecular complexity index is 920. The Balaban J connectivity index is 1.27. The number of aromatic amines is 1. The van der Waals surface area contributed by atoms with E-state index in [9.17, 15) is 9.59 Å². The lowest BCUT2D eigenvalue weighted by atomic mass is 10.1. The van der Waals surface area contributed by atoms with Crippen molar-refractivity contribution in [3.05, 3.63) is 54.6 Å². The number of H-pyrrole nitrogens is 1. The van der Waals surface area contributed by atoms with Gasteiger partial charge in [0.05, 0.1) is 12.4 Å². The fourth-order valence-corrected chi connectivity index (χ4v) is 3.36. The monoisotopic (exact) mass is 379 g/mol. The van der Waals surface area contributed by atoms with E-state index in [0.717, 1.165) is 17.5 Å². The molecule has 1 aromatic carbocycles. The Hall–Kier alpha value is -3.49. The first-order valence-corrected chi connectivity index (χ1v) is 9.18. The third-order valence-electron chi connectivity index (χ3n) is 4.90. The number of amides is 2. The molecule has 1 fully saturated rings. The molecule has 144 valence electrons. The third kappa shape index (κ3) is 4.08. The summed E-state index contributed by atoms with van der Waals surface area (Å²) in [4.78, 5) is 26.5. The van der Waals surface area contributed by atoms with Gasteiger partial charge in [-0.2, -0.15) is 5.10 Å². The average Bonchev–Trinajstić information content (AvgIpc) is 3.48. The van der Waals surface area contributed by atoms with Crippen molar-refractivity contribution in [1.82, 2.24) is 35.4 Å². The lowest BCUT2D eigenvalue weighted by molar-refractivity contribution is -0.122. The van der Waals surface area contributed by atoms with Crippen LogP contribution in [0, 0.1) is 5.92 Å². The second-order valence-electron chi connectivity index (χ2n) is 6.87. The van der Waals surface area contributed by atoms with Crippen LogP contribution in [0.15, 0.2) is 49.1 Å². The predicted molar refractivity (Wildman–Crippen MR) is 101 cm³/mol. The number of hydrogen-bond donors (Lipinski definition) is 2. The highest BCUT2D eigenvalue weighted by Crippen LogP contribution is 2.21. The van der Waals surface area contributed by atoms with E-state index >= 15 is 0 Å². The van der Waals surface area contributed by atoms with Gasteiger partial charge in [-0.3, -0.25) is 14.7 Å². The molecule has 3 heterocycles. The maximum absolute atomic E-state index is 12.7. The summed E-state index contributed by atoms with van der Waals surface area (Å²) in [5.41, 5.74) is 2.67. The molecule has 3 aromatic rings. The summed E-state index contributed by atoms with van der Waals surface area (Å²) >= 11 is 0. The van der Waals surface area contributed by atoms with Crippen LogP contribution in [0.4, 0.5) is 0 Å². The minimum absolute atomic E-state index is 0.0233. The maximum Gasteiger partial charge on any atom is 0.253 e. The molecule has 9 nitrogen and oxygen atoms in total. The van der Waals surface area contributed by atoms with Crippen LogP contribution in [0.1, 0.15) is 16.8 Å². The molecule has 2 amide bonds. The maximum atomic E-state index is 12.7. The largest absolute Gasteiger partial charge is 0.354 e. The van der Waals surface area contributed by atoms with E-state index < -0.39 is 0 Å². The van der Waals surface area contributed by atoms with Gasteiger partial charge in [0.1, 0.15) is 6.54 Å². The number of carbonyl (C=O) groups is 2. The first-order chi connectivity index (χ1) is 13.7. The van der Waals surface area contributed by atoms with Crippen molar-refractivity contribution in [1.29, 1.82) is 0 Å². The van der Waals surface area contributed by atoms with Gasteiger partial charge in [-0.1, -0.05) is 17.3 Å². The summed E-state index contributed by atoms with van der Waals surface area (Å²) < 4.78 is 1.48. The smallest absolute Gasteiger partial charge is 0.253 e. The van der Waals surface area contributed by atoms with Crippen molar-refractivity contribution >= 4 is 11.8 Å². The van der Waals surface area contributed by atoms with Crippen molar-refractivity contribution in [2.45, 2.75) is 13.0 Å². The van der Waals surface area contributed by atoms with Crippen LogP contribution in [0.3, 0.4) is 0 Å². The van der Waals surface area contributed by atoms with Gasteiger partial charge < -0.3 is 10.2 Å². The third-order valence-corrected chi connectivity index (χ3v) is 4.90. The Morgan fingerprint density at radius 3 is 2.79 bits per heavy atom. The average molecular weight is 379 g/mol. The molecule has 0 aliphatic carbocycles. The van der Waals surface area contributed by atoms with Gasteiger partial charge in [0.25, 0.3) is 5.91 Å². The number of hydrogen-bond acceptors (Lipinski definition) is 5. The first-order valence-electron chi connectivity index (χ1n) is 9.18. The first kappa shape index (κ1) is 17.9. The molecule has 9 heteroatoms. The van der Waals surface area contributed by atoms with Crippen LogP contribution in [-0.4, -0.2) is 61.5 Å². The van der Waals surface area contributed by atoms with Crippen LogP contribution in [0.25, 0.3) is 11.1 Å². The summed E-state index contributed by atoms with van der Waals surface area (Å²) in [6.45, 7) is 2.05. The highest BCUT2D eigenvalue weighted by molar-refractivity contribution is 5.94. The van der Waals surface area contributed by atoms with E-state index in [1.54, 1.807) is 12.4 Å². The minimum atomic E-state index is -0.106. The van der Waals surface area contributed by atoms with E-state index in [1.807, 2.05) is 35.4 Å². The SMILES string of the molecule is O=C(Cn1ccnn1)NCC1CCN(C(=O)c2ccc(-c3cn[nH]c3)cc2)C1. The normalized spacial score (nSPS) is 16.3. The quantitative estimate of drug-likeness (QED) is 0.663. The highest BCUT2D eigenvalue weighted by Gasteiger charge is 2.27. The molecular formula is C19H21N7O2. The molecule has 0 bridgehead atoms. The lowest BCUT2D eigenvalue weighted by Crippen LogP contribution is -2.34. The zero-order valence-corrected chi connectivity index (χ0v) is 15.3. The second-order valence-corrected chi connectivity index (χ2v) is 6.87. The van der Waals surface area contributed by atoms with Crippen molar-refractivity contribution in [3.63, 3.8) is 0 Å². The summed E-state index contributed by atoms with van der Waals surface area (Å²) in [6, 6.07) is 7.54. The fraction of sp³-hybridized carbons (Fsp3) is 0.316. The summed E-state index contributed by atoms with van der Waals surface area (Å²) in [6.07, 6.45) is 7.63. The molecule has 1 aliphatic heterocycles. The minimum Gasteiger partial charge on any atom is -0.354 e. The van der Waals surface area contributed by atoms with Gasteiger partial charge in [0.15, 0.2) is 0 Å². The van der Waals surface area contributed by atoms with Crippen LogP contribution in [0.2, 0.25) is 0 Å². The summed E-state index contributed by atoms with van der Waals surface area (Å²) in [5, 5.41) is 17.1. The van der Waals surface area contributed by atoms with Crippen LogP contribution in [0.5, 0.6) is 0 Å². The molecule has 4 rings (SSSR count). The topological polar surface area (TPSA) is 109 Å². The molecule has 0 radical (unpaired) electrons. The molecule has 1 atom stereocenters. The molecular weight excluding hydrogens is 358 g/mol. The summed E-state index contributed by atoms with van der Waals surface area (Å²) in [7, 11) is 0. The molecule has 28 heavy (non-hydrogen) atoms. The molecule has 2 N–H and O–H groups in total. The molecule has 0 saturated carbocycles. The summed E-state index contributed by atoms with van der Waals surface area (Å²) in [5.74, 6) is 0.175. The van der Waals surface area contributed by atoms with Crippen LogP contribution in [-0.2, 0) is 11.3 Å². The second kappa shape index (κ2) is 8.03. The Kier molecular flexibility index (Phi) is 5.14. The number of benzene rings is 1. The van der Waals surface area contributed by atoms with E-state index in [1.165, 1.54) is 10.9 Å². The number of rotatable bonds is 6. The molecule has 1 saturated heterocycles. The van der Waals surface area contributed by atoms with Gasteiger partial charge in [0, 0.05) is 43.2 Å². The Morgan fingerprint density at radius 2 is 2.07 bits per heavy atom. The van der Waals surface area contributed by atoms with E-state index in [-0.39, 0.29) is 24.3 Å². The van der Waals surface area contributed by atoms with Gasteiger partial charge >= 0.3 is 0 Å². The predicted octanol–water partition coefficient (Wildman–Crippen LogP) is 0.947. The van der Waals surface area contributed by atoms with Gasteiger partial charge in [-0.15, -0.1) is 5.10 Å². The molecule has 0 spiro atoms.